The van der Waals surface area contributed by atoms with E-state index < -0.39 is 6.17 Å². The molecule has 34 heavy (non-hydrogen) atoms. The van der Waals surface area contributed by atoms with Crippen LogP contribution in [-0.4, -0.2) is 85.2 Å². The van der Waals surface area contributed by atoms with Gasteiger partial charge >= 0.3 is 6.03 Å². The number of hydrazine groups is 1. The molecule has 1 unspecified atom stereocenters. The predicted molar refractivity (Wildman–Crippen MR) is 131 cm³/mol. The highest BCUT2D eigenvalue weighted by molar-refractivity contribution is 5.95. The van der Waals surface area contributed by atoms with E-state index in [1.165, 1.54) is 0 Å². The second-order valence-electron chi connectivity index (χ2n) is 9.07. The number of phenolic OH excluding ortho intramolecular Hbond substituents is 1. The number of aromatic hydroxyl groups is 1. The minimum Gasteiger partial charge on any atom is -0.507 e. The summed E-state index contributed by atoms with van der Waals surface area (Å²) in [5.74, 6) is 0.0986. The SMILES string of the molecule is CN(C)CCc1[nH]nc2cc(O)c(C3N(C)NC(=O)N3c3ccc(N4CCOCC4)cc3)cc12. The zero-order valence-electron chi connectivity index (χ0n) is 19.8. The van der Waals surface area contributed by atoms with Crippen molar-refractivity contribution in [2.45, 2.75) is 12.6 Å². The third-order valence-electron chi connectivity index (χ3n) is 6.47. The summed E-state index contributed by atoms with van der Waals surface area (Å²) in [6.45, 7) is 4.01. The van der Waals surface area contributed by atoms with Crippen LogP contribution in [0.4, 0.5) is 16.2 Å². The molecule has 0 radical (unpaired) electrons. The summed E-state index contributed by atoms with van der Waals surface area (Å²) in [6.07, 6.45) is 0.292. The lowest BCUT2D eigenvalue weighted by Crippen LogP contribution is -2.36. The maximum atomic E-state index is 13.0. The van der Waals surface area contributed by atoms with Crippen molar-refractivity contribution >= 4 is 28.3 Å². The number of carbonyl (C=O) groups excluding carboxylic acids is 1. The van der Waals surface area contributed by atoms with Crippen LogP contribution in [0.25, 0.3) is 10.9 Å². The first-order chi connectivity index (χ1) is 16.4. The van der Waals surface area contributed by atoms with Gasteiger partial charge in [0.25, 0.3) is 0 Å². The number of nitrogens with one attached hydrogen (secondary N) is 2. The van der Waals surface area contributed by atoms with Crippen LogP contribution in [0.1, 0.15) is 17.4 Å². The van der Waals surface area contributed by atoms with Crippen LogP contribution < -0.4 is 15.2 Å². The molecule has 10 nitrogen and oxygen atoms in total. The molecule has 2 fully saturated rings. The number of aromatic nitrogens is 2. The number of hydrogen-bond donors (Lipinski definition) is 3. The van der Waals surface area contributed by atoms with Crippen molar-refractivity contribution in [2.24, 2.45) is 0 Å². The molecule has 2 amide bonds. The van der Waals surface area contributed by atoms with Gasteiger partial charge in [0.05, 0.1) is 18.7 Å². The number of hydrogen-bond acceptors (Lipinski definition) is 7. The molecule has 0 spiro atoms. The van der Waals surface area contributed by atoms with Gasteiger partial charge in [-0.3, -0.25) is 15.4 Å². The number of morpholine rings is 1. The first-order valence-electron chi connectivity index (χ1n) is 11.5. The quantitative estimate of drug-likeness (QED) is 0.514. The molecule has 180 valence electrons. The van der Waals surface area contributed by atoms with Gasteiger partial charge in [-0.15, -0.1) is 0 Å². The van der Waals surface area contributed by atoms with E-state index in [0.717, 1.165) is 61.7 Å². The molecule has 1 aromatic heterocycles. The molecule has 0 aliphatic carbocycles. The molecule has 1 atom stereocenters. The van der Waals surface area contributed by atoms with Crippen molar-refractivity contribution in [3.8, 4) is 5.75 Å². The number of fused-ring (bicyclic) bond motifs is 1. The number of likely N-dealkylation sites (N-methyl/N-ethyl adjacent to an activating group) is 1. The van der Waals surface area contributed by atoms with Crippen molar-refractivity contribution in [1.29, 1.82) is 0 Å². The molecule has 3 N–H and O–H groups in total. The molecule has 3 heterocycles. The average Bonchev–Trinajstić information content (AvgIpc) is 3.36. The number of ether oxygens (including phenoxy) is 1. The molecule has 2 aliphatic rings. The van der Waals surface area contributed by atoms with E-state index in [9.17, 15) is 9.90 Å². The fourth-order valence-corrected chi connectivity index (χ4v) is 4.65. The Labute approximate surface area is 198 Å². The number of phenols is 1. The molecule has 2 saturated heterocycles. The third kappa shape index (κ3) is 4.15. The van der Waals surface area contributed by atoms with E-state index in [2.05, 4.69) is 25.4 Å². The van der Waals surface area contributed by atoms with Crippen LogP contribution in [0.5, 0.6) is 5.75 Å². The van der Waals surface area contributed by atoms with Gasteiger partial charge in [0.2, 0.25) is 0 Å². The van der Waals surface area contributed by atoms with Gasteiger partial charge in [-0.05, 0) is 44.4 Å². The molecule has 2 aliphatic heterocycles. The van der Waals surface area contributed by atoms with E-state index in [4.69, 9.17) is 4.74 Å². The number of anilines is 2. The van der Waals surface area contributed by atoms with Crippen LogP contribution in [-0.2, 0) is 11.2 Å². The fraction of sp³-hybridized carbons (Fsp3) is 0.417. The smallest absolute Gasteiger partial charge is 0.338 e. The van der Waals surface area contributed by atoms with Gasteiger partial charge < -0.3 is 19.6 Å². The maximum Gasteiger partial charge on any atom is 0.338 e. The predicted octanol–water partition coefficient (Wildman–Crippen LogP) is 2.28. The van der Waals surface area contributed by atoms with Crippen molar-refractivity contribution < 1.29 is 14.6 Å². The minimum absolute atomic E-state index is 0.0986. The standard InChI is InChI=1S/C24H31N7O3/c1-28(2)9-8-20-18-14-19(22(32)15-21(18)26-25-20)23-29(3)27-24(33)31(23)17-6-4-16(5-7-17)30-10-12-34-13-11-30/h4-7,14-15,23,32H,8-13H2,1-3H3,(H,25,26)(H,27,33). The number of urea groups is 1. The number of H-pyrrole nitrogens is 1. The number of benzene rings is 2. The second-order valence-corrected chi connectivity index (χ2v) is 9.07. The van der Waals surface area contributed by atoms with Crippen LogP contribution in [0.15, 0.2) is 36.4 Å². The molecule has 10 heteroatoms. The maximum absolute atomic E-state index is 13.0. The van der Waals surface area contributed by atoms with Gasteiger partial charge in [0.15, 0.2) is 0 Å². The first-order valence-corrected chi connectivity index (χ1v) is 11.5. The van der Waals surface area contributed by atoms with E-state index >= 15 is 0 Å². The van der Waals surface area contributed by atoms with E-state index in [-0.39, 0.29) is 11.8 Å². The molecule has 0 bridgehead atoms. The van der Waals surface area contributed by atoms with Crippen molar-refractivity contribution in [3.63, 3.8) is 0 Å². The molecular formula is C24H31N7O3. The van der Waals surface area contributed by atoms with E-state index in [1.807, 2.05) is 44.4 Å². The van der Waals surface area contributed by atoms with Crippen molar-refractivity contribution in [3.05, 3.63) is 47.7 Å². The topological polar surface area (TPSA) is 100 Å². The van der Waals surface area contributed by atoms with Crippen molar-refractivity contribution in [2.75, 3.05) is 63.8 Å². The molecule has 2 aromatic carbocycles. The van der Waals surface area contributed by atoms with Gasteiger partial charge in [-0.2, -0.15) is 10.1 Å². The highest BCUT2D eigenvalue weighted by Gasteiger charge is 2.39. The number of carbonyl (C=O) groups is 1. The Balaban J connectivity index is 1.48. The van der Waals surface area contributed by atoms with Crippen LogP contribution in [0.3, 0.4) is 0 Å². The molecule has 3 aromatic rings. The Morgan fingerprint density at radius 2 is 1.85 bits per heavy atom. The van der Waals surface area contributed by atoms with Crippen LogP contribution >= 0.6 is 0 Å². The summed E-state index contributed by atoms with van der Waals surface area (Å²) in [5.41, 5.74) is 7.07. The fourth-order valence-electron chi connectivity index (χ4n) is 4.65. The lowest BCUT2D eigenvalue weighted by Gasteiger charge is -2.30. The first kappa shape index (κ1) is 22.5. The summed E-state index contributed by atoms with van der Waals surface area (Å²) in [6, 6.07) is 11.3. The highest BCUT2D eigenvalue weighted by Crippen LogP contribution is 2.39. The highest BCUT2D eigenvalue weighted by atomic mass is 16.5. The summed E-state index contributed by atoms with van der Waals surface area (Å²) in [5, 5.41) is 21.0. The zero-order chi connectivity index (χ0) is 23.8. The van der Waals surface area contributed by atoms with Gasteiger partial charge in [-0.25, -0.2) is 4.79 Å². The lowest BCUT2D eigenvalue weighted by atomic mass is 10.0. The molecule has 0 saturated carbocycles. The van der Waals surface area contributed by atoms with Crippen molar-refractivity contribution in [1.82, 2.24) is 25.5 Å². The largest absolute Gasteiger partial charge is 0.507 e. The second kappa shape index (κ2) is 9.13. The molecule has 5 rings (SSSR count). The Morgan fingerprint density at radius 3 is 2.56 bits per heavy atom. The summed E-state index contributed by atoms with van der Waals surface area (Å²) in [7, 11) is 5.86. The Morgan fingerprint density at radius 1 is 1.15 bits per heavy atom. The van der Waals surface area contributed by atoms with Crippen LogP contribution in [0.2, 0.25) is 0 Å². The van der Waals surface area contributed by atoms with Crippen LogP contribution in [0, 0.1) is 0 Å². The third-order valence-corrected chi connectivity index (χ3v) is 6.47. The number of amides is 2. The van der Waals surface area contributed by atoms with Gasteiger partial charge in [0, 0.05) is 67.2 Å². The Hall–Kier alpha value is -3.34. The van der Waals surface area contributed by atoms with E-state index in [1.54, 1.807) is 23.0 Å². The average molecular weight is 466 g/mol. The normalized spacial score (nSPS) is 19.4. The summed E-state index contributed by atoms with van der Waals surface area (Å²) < 4.78 is 5.45. The number of nitrogens with zero attached hydrogens (tertiary/aromatic N) is 5. The van der Waals surface area contributed by atoms with E-state index in [0.29, 0.717) is 11.1 Å². The Kier molecular flexibility index (Phi) is 6.03. The Bertz CT molecular complexity index is 1170. The van der Waals surface area contributed by atoms with Gasteiger partial charge in [-0.1, -0.05) is 0 Å². The summed E-state index contributed by atoms with van der Waals surface area (Å²) in [4.78, 5) is 19.0. The minimum atomic E-state index is -0.511. The number of rotatable bonds is 6. The molecular weight excluding hydrogens is 434 g/mol. The lowest BCUT2D eigenvalue weighted by molar-refractivity contribution is 0.122. The number of aromatic amines is 1. The van der Waals surface area contributed by atoms with Gasteiger partial charge in [0.1, 0.15) is 11.9 Å². The zero-order valence-corrected chi connectivity index (χ0v) is 19.8. The monoisotopic (exact) mass is 465 g/mol. The summed E-state index contributed by atoms with van der Waals surface area (Å²) >= 11 is 0.